The summed E-state index contributed by atoms with van der Waals surface area (Å²) in [4.78, 5) is 11.5. The average molecular weight is 236 g/mol. The smallest absolute Gasteiger partial charge is 0.241 e. The first kappa shape index (κ1) is 13.5. The third-order valence-electron chi connectivity index (χ3n) is 2.53. The van der Waals surface area contributed by atoms with Crippen molar-refractivity contribution in [3.05, 3.63) is 23.8 Å². The molecule has 0 aliphatic carbocycles. The maximum absolute atomic E-state index is 11.5. The molecule has 1 aromatic carbocycles. The van der Waals surface area contributed by atoms with Gasteiger partial charge in [0.1, 0.15) is 5.75 Å². The van der Waals surface area contributed by atoms with E-state index in [1.54, 1.807) is 19.1 Å². The normalized spacial score (nSPS) is 13.2. The Hall–Kier alpha value is -1.55. The van der Waals surface area contributed by atoms with Gasteiger partial charge in [0.2, 0.25) is 5.91 Å². The molecule has 0 spiro atoms. The SMILES string of the molecule is C[C@@H](N)C(=O)Nc1cc(C(C)(C)C)ccc1O. The van der Waals surface area contributed by atoms with Gasteiger partial charge in [-0.3, -0.25) is 4.79 Å². The Bertz CT molecular complexity index is 420. The predicted molar refractivity (Wildman–Crippen MR) is 69.1 cm³/mol. The first-order chi connectivity index (χ1) is 7.71. The summed E-state index contributed by atoms with van der Waals surface area (Å²) < 4.78 is 0. The second-order valence-electron chi connectivity index (χ2n) is 5.26. The summed E-state index contributed by atoms with van der Waals surface area (Å²) in [5.74, 6) is -0.265. The summed E-state index contributed by atoms with van der Waals surface area (Å²) >= 11 is 0. The maximum Gasteiger partial charge on any atom is 0.241 e. The number of anilines is 1. The van der Waals surface area contributed by atoms with Crippen LogP contribution in [0, 0.1) is 0 Å². The molecule has 0 heterocycles. The number of carbonyl (C=O) groups is 1. The number of nitrogens with one attached hydrogen (secondary N) is 1. The first-order valence-electron chi connectivity index (χ1n) is 5.62. The van der Waals surface area contributed by atoms with Gasteiger partial charge in [-0.25, -0.2) is 0 Å². The van der Waals surface area contributed by atoms with Crippen LogP contribution in [0.1, 0.15) is 33.3 Å². The number of hydrogen-bond donors (Lipinski definition) is 3. The van der Waals surface area contributed by atoms with Gasteiger partial charge in [0.15, 0.2) is 0 Å². The van der Waals surface area contributed by atoms with Crippen molar-refractivity contribution in [2.75, 3.05) is 5.32 Å². The second-order valence-corrected chi connectivity index (χ2v) is 5.26. The number of nitrogens with two attached hydrogens (primary N) is 1. The number of benzene rings is 1. The van der Waals surface area contributed by atoms with Gasteiger partial charge in [-0.1, -0.05) is 26.8 Å². The van der Waals surface area contributed by atoms with Crippen LogP contribution in [-0.4, -0.2) is 17.1 Å². The van der Waals surface area contributed by atoms with E-state index < -0.39 is 6.04 Å². The fourth-order valence-electron chi connectivity index (χ4n) is 1.35. The van der Waals surface area contributed by atoms with Crippen LogP contribution in [0.5, 0.6) is 5.75 Å². The highest BCUT2D eigenvalue weighted by atomic mass is 16.3. The Morgan fingerprint density at radius 3 is 2.47 bits per heavy atom. The molecule has 0 aromatic heterocycles. The van der Waals surface area contributed by atoms with Crippen LogP contribution in [0.4, 0.5) is 5.69 Å². The summed E-state index contributed by atoms with van der Waals surface area (Å²) in [5.41, 5.74) is 6.86. The molecule has 1 aromatic rings. The van der Waals surface area contributed by atoms with Gasteiger partial charge in [-0.15, -0.1) is 0 Å². The van der Waals surface area contributed by atoms with Crippen molar-refractivity contribution >= 4 is 11.6 Å². The molecule has 1 atom stereocenters. The number of hydrogen-bond acceptors (Lipinski definition) is 3. The van der Waals surface area contributed by atoms with Gasteiger partial charge in [0, 0.05) is 0 Å². The third kappa shape index (κ3) is 3.46. The number of phenolic OH excluding ortho intramolecular Hbond substituents is 1. The second kappa shape index (κ2) is 4.75. The highest BCUT2D eigenvalue weighted by Gasteiger charge is 2.17. The lowest BCUT2D eigenvalue weighted by molar-refractivity contribution is -0.117. The molecular weight excluding hydrogens is 216 g/mol. The number of amides is 1. The molecule has 0 aliphatic rings. The molecule has 4 heteroatoms. The maximum atomic E-state index is 11.5. The molecule has 0 radical (unpaired) electrons. The molecule has 1 rings (SSSR count). The molecule has 0 bridgehead atoms. The van der Waals surface area contributed by atoms with Crippen LogP contribution in [0.15, 0.2) is 18.2 Å². The van der Waals surface area contributed by atoms with E-state index in [0.717, 1.165) is 5.56 Å². The van der Waals surface area contributed by atoms with Gasteiger partial charge < -0.3 is 16.2 Å². The van der Waals surface area contributed by atoms with E-state index in [-0.39, 0.29) is 17.1 Å². The Balaban J connectivity index is 3.03. The van der Waals surface area contributed by atoms with Crippen LogP contribution in [-0.2, 0) is 10.2 Å². The molecule has 0 unspecified atom stereocenters. The van der Waals surface area contributed by atoms with Crippen LogP contribution < -0.4 is 11.1 Å². The molecule has 0 aliphatic heterocycles. The zero-order chi connectivity index (χ0) is 13.2. The molecule has 94 valence electrons. The summed E-state index contributed by atoms with van der Waals surface area (Å²) in [7, 11) is 0. The summed E-state index contributed by atoms with van der Waals surface area (Å²) in [6.07, 6.45) is 0. The quantitative estimate of drug-likeness (QED) is 0.687. The Kier molecular flexibility index (Phi) is 3.78. The lowest BCUT2D eigenvalue weighted by atomic mass is 9.87. The summed E-state index contributed by atoms with van der Waals surface area (Å²) in [6.45, 7) is 7.80. The third-order valence-corrected chi connectivity index (χ3v) is 2.53. The number of aromatic hydroxyl groups is 1. The summed E-state index contributed by atoms with van der Waals surface area (Å²) in [6, 6.07) is 4.59. The highest BCUT2D eigenvalue weighted by molar-refractivity contribution is 5.95. The Morgan fingerprint density at radius 1 is 1.41 bits per heavy atom. The number of rotatable bonds is 2. The van der Waals surface area contributed by atoms with Crippen molar-refractivity contribution < 1.29 is 9.90 Å². The van der Waals surface area contributed by atoms with Crippen molar-refractivity contribution in [3.8, 4) is 5.75 Å². The van der Waals surface area contributed by atoms with E-state index in [0.29, 0.717) is 5.69 Å². The van der Waals surface area contributed by atoms with E-state index >= 15 is 0 Å². The van der Waals surface area contributed by atoms with E-state index in [9.17, 15) is 9.90 Å². The lowest BCUT2D eigenvalue weighted by Gasteiger charge is -2.20. The molecule has 4 nitrogen and oxygen atoms in total. The van der Waals surface area contributed by atoms with Crippen molar-refractivity contribution in [2.45, 2.75) is 39.2 Å². The minimum absolute atomic E-state index is 0.0402. The fraction of sp³-hybridized carbons (Fsp3) is 0.462. The van der Waals surface area contributed by atoms with Crippen LogP contribution >= 0.6 is 0 Å². The number of phenols is 1. The van der Waals surface area contributed by atoms with E-state index in [2.05, 4.69) is 26.1 Å². The Labute approximate surface area is 102 Å². The van der Waals surface area contributed by atoms with Gasteiger partial charge in [0.25, 0.3) is 0 Å². The molecule has 1 amide bonds. The lowest BCUT2D eigenvalue weighted by Crippen LogP contribution is -2.32. The minimum atomic E-state index is -0.604. The monoisotopic (exact) mass is 236 g/mol. The fourth-order valence-corrected chi connectivity index (χ4v) is 1.35. The van der Waals surface area contributed by atoms with Gasteiger partial charge >= 0.3 is 0 Å². The van der Waals surface area contributed by atoms with Gasteiger partial charge in [-0.05, 0) is 30.0 Å². The Morgan fingerprint density at radius 2 is 2.00 bits per heavy atom. The topological polar surface area (TPSA) is 75.4 Å². The van der Waals surface area contributed by atoms with E-state index in [1.807, 2.05) is 6.07 Å². The largest absolute Gasteiger partial charge is 0.506 e. The van der Waals surface area contributed by atoms with Gasteiger partial charge in [0.05, 0.1) is 11.7 Å². The van der Waals surface area contributed by atoms with Crippen LogP contribution in [0.3, 0.4) is 0 Å². The predicted octanol–water partition coefficient (Wildman–Crippen LogP) is 1.98. The molecule has 0 fully saturated rings. The molecule has 0 saturated carbocycles. The zero-order valence-electron chi connectivity index (χ0n) is 10.7. The molecule has 0 saturated heterocycles. The highest BCUT2D eigenvalue weighted by Crippen LogP contribution is 2.30. The van der Waals surface area contributed by atoms with Gasteiger partial charge in [-0.2, -0.15) is 0 Å². The van der Waals surface area contributed by atoms with Crippen LogP contribution in [0.2, 0.25) is 0 Å². The standard InChI is InChI=1S/C13H20N2O2/c1-8(14)12(17)15-10-7-9(13(2,3)4)5-6-11(10)16/h5-8,16H,14H2,1-4H3,(H,15,17)/t8-/m1/s1. The van der Waals surface area contributed by atoms with Crippen molar-refractivity contribution in [1.82, 2.24) is 0 Å². The first-order valence-corrected chi connectivity index (χ1v) is 5.62. The molecular formula is C13H20N2O2. The van der Waals surface area contributed by atoms with E-state index in [4.69, 9.17) is 5.73 Å². The molecule has 4 N–H and O–H groups in total. The van der Waals surface area contributed by atoms with Crippen molar-refractivity contribution in [1.29, 1.82) is 0 Å². The molecule has 17 heavy (non-hydrogen) atoms. The summed E-state index contributed by atoms with van der Waals surface area (Å²) in [5, 5.41) is 12.3. The van der Waals surface area contributed by atoms with Crippen molar-refractivity contribution in [3.63, 3.8) is 0 Å². The van der Waals surface area contributed by atoms with Crippen LogP contribution in [0.25, 0.3) is 0 Å². The minimum Gasteiger partial charge on any atom is -0.506 e. The zero-order valence-corrected chi connectivity index (χ0v) is 10.7. The number of carbonyl (C=O) groups excluding carboxylic acids is 1. The van der Waals surface area contributed by atoms with Crippen molar-refractivity contribution in [2.24, 2.45) is 5.73 Å². The average Bonchev–Trinajstić information content (AvgIpc) is 2.19. The van der Waals surface area contributed by atoms with E-state index in [1.165, 1.54) is 0 Å².